The van der Waals surface area contributed by atoms with Crippen molar-refractivity contribution in [1.29, 1.82) is 0 Å². The fraction of sp³-hybridized carbons (Fsp3) is 0.375. The lowest BCUT2D eigenvalue weighted by Gasteiger charge is -2.04. The maximum absolute atomic E-state index is 12.2. The van der Waals surface area contributed by atoms with Crippen LogP contribution in [0.15, 0.2) is 37.9 Å². The van der Waals surface area contributed by atoms with E-state index in [0.29, 0.717) is 17.9 Å². The fourth-order valence-electron chi connectivity index (χ4n) is 2.39. The van der Waals surface area contributed by atoms with Gasteiger partial charge in [-0.25, -0.2) is 4.79 Å². The summed E-state index contributed by atoms with van der Waals surface area (Å²) in [5.41, 5.74) is 0.480. The molecule has 9 heteroatoms. The summed E-state index contributed by atoms with van der Waals surface area (Å²) in [7, 11) is 0. The van der Waals surface area contributed by atoms with Gasteiger partial charge in [0.2, 0.25) is 0 Å². The second-order valence-corrected chi connectivity index (χ2v) is 5.33. The summed E-state index contributed by atoms with van der Waals surface area (Å²) in [6.45, 7) is 2.11. The Labute approximate surface area is 139 Å². The van der Waals surface area contributed by atoms with Crippen molar-refractivity contribution in [3.63, 3.8) is 0 Å². The van der Waals surface area contributed by atoms with E-state index >= 15 is 0 Å². The average Bonchev–Trinajstić information content (AvgIpc) is 3.11. The Bertz CT molecular complexity index is 923. The first-order chi connectivity index (χ1) is 11.9. The second kappa shape index (κ2) is 6.66. The normalized spacial score (nSPS) is 12.0. The fourth-order valence-corrected chi connectivity index (χ4v) is 2.39. The minimum Gasteiger partial charge on any atom is -0.490 e. The van der Waals surface area contributed by atoms with Crippen molar-refractivity contribution in [2.24, 2.45) is 0 Å². The first kappa shape index (κ1) is 17.1. The van der Waals surface area contributed by atoms with Crippen LogP contribution >= 0.6 is 0 Å². The van der Waals surface area contributed by atoms with Gasteiger partial charge in [0, 0.05) is 18.4 Å². The maximum atomic E-state index is 12.2. The quantitative estimate of drug-likeness (QED) is 0.668. The number of rotatable bonds is 6. The number of aryl methyl sites for hydroxylation is 1. The Morgan fingerprint density at radius 2 is 2.08 bits per heavy atom. The van der Waals surface area contributed by atoms with Crippen LogP contribution in [-0.2, 0) is 6.54 Å². The molecule has 1 aromatic carbocycles. The number of hydrogen-bond acceptors (Lipinski definition) is 5. The van der Waals surface area contributed by atoms with Gasteiger partial charge in [0.15, 0.2) is 17.1 Å². The van der Waals surface area contributed by atoms with Gasteiger partial charge in [-0.2, -0.15) is 17.9 Å². The second-order valence-electron chi connectivity index (χ2n) is 5.33. The number of furan rings is 1. The third-order valence-electron chi connectivity index (χ3n) is 3.46. The molecule has 0 amide bonds. The summed E-state index contributed by atoms with van der Waals surface area (Å²) in [6.07, 6.45) is -5.53. The topological polar surface area (TPSA) is 70.4 Å². The molecule has 2 heterocycles. The molecular formula is C16H15F3N2O4. The molecule has 0 fully saturated rings. The first-order valence-corrected chi connectivity index (χ1v) is 7.68. The number of alkyl halides is 3. The molecule has 0 aliphatic rings. The molecule has 2 aromatic heterocycles. The van der Waals surface area contributed by atoms with Crippen molar-refractivity contribution in [2.45, 2.75) is 32.5 Å². The molecule has 0 saturated carbocycles. The van der Waals surface area contributed by atoms with Crippen LogP contribution in [0.2, 0.25) is 0 Å². The van der Waals surface area contributed by atoms with E-state index in [1.54, 1.807) is 24.3 Å². The zero-order valence-corrected chi connectivity index (χ0v) is 13.3. The Morgan fingerprint density at radius 3 is 2.80 bits per heavy atom. The molecule has 0 bridgehead atoms. The Hall–Kier alpha value is -2.71. The number of nitrogens with zero attached hydrogens (tertiary/aromatic N) is 2. The SMILES string of the molecule is CCOc1cccc2cc(-c3nn(CCCC(F)(F)F)c(=O)o3)oc12. The van der Waals surface area contributed by atoms with Crippen LogP contribution in [0.25, 0.3) is 22.6 Å². The highest BCUT2D eigenvalue weighted by Gasteiger charge is 2.26. The zero-order valence-electron chi connectivity index (χ0n) is 13.3. The predicted octanol–water partition coefficient (Wildman–Crippen LogP) is 3.99. The maximum Gasteiger partial charge on any atom is 0.437 e. The van der Waals surface area contributed by atoms with E-state index in [1.165, 1.54) is 0 Å². The molecule has 3 rings (SSSR count). The average molecular weight is 356 g/mol. The molecule has 3 aromatic rings. The van der Waals surface area contributed by atoms with E-state index in [2.05, 4.69) is 5.10 Å². The minimum atomic E-state index is -4.27. The van der Waals surface area contributed by atoms with E-state index in [0.717, 1.165) is 10.1 Å². The van der Waals surface area contributed by atoms with Gasteiger partial charge in [0.1, 0.15) is 0 Å². The Kier molecular flexibility index (Phi) is 4.56. The summed E-state index contributed by atoms with van der Waals surface area (Å²) >= 11 is 0. The highest BCUT2D eigenvalue weighted by molar-refractivity contribution is 5.86. The van der Waals surface area contributed by atoms with Crippen LogP contribution in [0.5, 0.6) is 5.75 Å². The van der Waals surface area contributed by atoms with Crippen LogP contribution in [-0.4, -0.2) is 22.6 Å². The lowest BCUT2D eigenvalue weighted by molar-refractivity contribution is -0.136. The zero-order chi connectivity index (χ0) is 18.0. The van der Waals surface area contributed by atoms with E-state index < -0.39 is 18.4 Å². The molecule has 0 atom stereocenters. The van der Waals surface area contributed by atoms with Gasteiger partial charge >= 0.3 is 11.9 Å². The monoisotopic (exact) mass is 356 g/mol. The lowest BCUT2D eigenvalue weighted by atomic mass is 10.2. The van der Waals surface area contributed by atoms with Crippen LogP contribution in [0.3, 0.4) is 0 Å². The first-order valence-electron chi connectivity index (χ1n) is 7.68. The van der Waals surface area contributed by atoms with E-state index in [-0.39, 0.29) is 24.6 Å². The van der Waals surface area contributed by atoms with Gasteiger partial charge in [0.05, 0.1) is 6.61 Å². The highest BCUT2D eigenvalue weighted by Crippen LogP contribution is 2.32. The van der Waals surface area contributed by atoms with Gasteiger partial charge in [-0.05, 0) is 25.5 Å². The third kappa shape index (κ3) is 3.86. The van der Waals surface area contributed by atoms with Crippen LogP contribution in [0.1, 0.15) is 19.8 Å². The number of hydrogen-bond donors (Lipinski definition) is 0. The number of aromatic nitrogens is 2. The molecule has 6 nitrogen and oxygen atoms in total. The van der Waals surface area contributed by atoms with Gasteiger partial charge in [-0.3, -0.25) is 0 Å². The number of ether oxygens (including phenoxy) is 1. The molecule has 134 valence electrons. The highest BCUT2D eigenvalue weighted by atomic mass is 19.4. The predicted molar refractivity (Wildman–Crippen MR) is 82.4 cm³/mol. The molecule has 0 aliphatic heterocycles. The summed E-state index contributed by atoms with van der Waals surface area (Å²) < 4.78 is 53.5. The van der Waals surface area contributed by atoms with E-state index in [1.807, 2.05) is 6.92 Å². The number of fused-ring (bicyclic) bond motifs is 1. The summed E-state index contributed by atoms with van der Waals surface area (Å²) in [5.74, 6) is -0.176. The molecule has 0 aliphatic carbocycles. The largest absolute Gasteiger partial charge is 0.490 e. The number of para-hydroxylation sites is 1. The van der Waals surface area contributed by atoms with Crippen molar-refractivity contribution in [2.75, 3.05) is 6.61 Å². The van der Waals surface area contributed by atoms with Gasteiger partial charge in [0.25, 0.3) is 5.89 Å². The standard InChI is InChI=1S/C16H15F3N2O4/c1-2-23-11-6-3-5-10-9-12(24-13(10)11)14-20-21(15(22)25-14)8-4-7-16(17,18)19/h3,5-6,9H,2,4,7-8H2,1H3. The van der Waals surface area contributed by atoms with Crippen molar-refractivity contribution >= 4 is 11.0 Å². The smallest absolute Gasteiger partial charge is 0.437 e. The van der Waals surface area contributed by atoms with Crippen molar-refractivity contribution in [3.8, 4) is 17.4 Å². The van der Waals surface area contributed by atoms with Crippen molar-refractivity contribution in [3.05, 3.63) is 34.8 Å². The van der Waals surface area contributed by atoms with Gasteiger partial charge in [-0.1, -0.05) is 12.1 Å². The summed E-state index contributed by atoms with van der Waals surface area (Å²) in [4.78, 5) is 11.7. The number of benzene rings is 1. The summed E-state index contributed by atoms with van der Waals surface area (Å²) in [6, 6.07) is 6.95. The van der Waals surface area contributed by atoms with Crippen LogP contribution in [0.4, 0.5) is 13.2 Å². The third-order valence-corrected chi connectivity index (χ3v) is 3.46. The molecule has 0 N–H and O–H groups in total. The Morgan fingerprint density at radius 1 is 1.28 bits per heavy atom. The molecule has 0 spiro atoms. The van der Waals surface area contributed by atoms with Gasteiger partial charge in [-0.15, -0.1) is 5.10 Å². The minimum absolute atomic E-state index is 0.0874. The lowest BCUT2D eigenvalue weighted by Crippen LogP contribution is -2.17. The van der Waals surface area contributed by atoms with Crippen LogP contribution in [0, 0.1) is 0 Å². The summed E-state index contributed by atoms with van der Waals surface area (Å²) in [5, 5.41) is 4.64. The Balaban J connectivity index is 1.85. The van der Waals surface area contributed by atoms with Gasteiger partial charge < -0.3 is 13.6 Å². The van der Waals surface area contributed by atoms with Crippen molar-refractivity contribution in [1.82, 2.24) is 9.78 Å². The molecular weight excluding hydrogens is 341 g/mol. The number of halogens is 3. The van der Waals surface area contributed by atoms with E-state index in [9.17, 15) is 18.0 Å². The molecule has 0 unspecified atom stereocenters. The molecule has 25 heavy (non-hydrogen) atoms. The van der Waals surface area contributed by atoms with Crippen LogP contribution < -0.4 is 10.5 Å². The molecule has 0 radical (unpaired) electrons. The molecule has 0 saturated heterocycles. The van der Waals surface area contributed by atoms with Crippen molar-refractivity contribution < 1.29 is 26.7 Å². The van der Waals surface area contributed by atoms with E-state index in [4.69, 9.17) is 13.6 Å².